The second kappa shape index (κ2) is 7.86. The third-order valence-electron chi connectivity index (χ3n) is 4.63. The number of carbonyl (C=O) groups is 1. The zero-order valence-electron chi connectivity index (χ0n) is 16.2. The molecule has 0 aliphatic carbocycles. The predicted octanol–water partition coefficient (Wildman–Crippen LogP) is 4.68. The Morgan fingerprint density at radius 2 is 1.52 bits per heavy atom. The molecule has 2 unspecified atom stereocenters. The van der Waals surface area contributed by atoms with Gasteiger partial charge in [-0.25, -0.2) is 0 Å². The molecule has 0 amide bonds. The van der Waals surface area contributed by atoms with E-state index in [1.807, 2.05) is 50.4 Å². The van der Waals surface area contributed by atoms with E-state index in [4.69, 9.17) is 0 Å². The summed E-state index contributed by atoms with van der Waals surface area (Å²) in [7, 11) is 4.75. The zero-order chi connectivity index (χ0) is 16.9. The highest BCUT2D eigenvalue weighted by Gasteiger charge is 2.41. The summed E-state index contributed by atoms with van der Waals surface area (Å²) in [6.45, 7) is 4.12. The van der Waals surface area contributed by atoms with E-state index >= 15 is 0 Å². The van der Waals surface area contributed by atoms with E-state index in [0.29, 0.717) is 6.42 Å². The summed E-state index contributed by atoms with van der Waals surface area (Å²) in [5, 5.41) is 0. The van der Waals surface area contributed by atoms with Crippen molar-refractivity contribution in [1.29, 1.82) is 0 Å². The number of hydrogen-bond acceptors (Lipinski definition) is 2. The third-order valence-corrected chi connectivity index (χ3v) is 5.14. The molecule has 0 aromatic heterocycles. The Morgan fingerprint density at radius 3 is 1.87 bits per heavy atom. The van der Waals surface area contributed by atoms with Crippen LogP contribution in [0.25, 0.3) is 0 Å². The highest BCUT2D eigenvalue weighted by Crippen LogP contribution is 2.39. The minimum Gasteiger partial charge on any atom is -0.298 e. The van der Waals surface area contributed by atoms with Gasteiger partial charge in [0, 0.05) is 12.5 Å². The van der Waals surface area contributed by atoms with Crippen molar-refractivity contribution in [3.8, 4) is 0 Å². The van der Waals surface area contributed by atoms with E-state index < -0.39 is 5.41 Å². The van der Waals surface area contributed by atoms with Crippen LogP contribution in [-0.2, 0) is 10.2 Å². The first-order valence-electron chi connectivity index (χ1n) is 8.14. The minimum atomic E-state index is -0.596. The van der Waals surface area contributed by atoms with Gasteiger partial charge in [0.15, 0.2) is 0 Å². The fraction of sp³-hybridized carbons (Fsp3) is 0.350. The van der Waals surface area contributed by atoms with E-state index in [1.54, 1.807) is 0 Å². The average Bonchev–Trinajstić information content (AvgIpc) is 2.60. The van der Waals surface area contributed by atoms with Crippen LogP contribution in [-0.4, -0.2) is 23.5 Å². The summed E-state index contributed by atoms with van der Waals surface area (Å²) in [6, 6.07) is 20.7. The van der Waals surface area contributed by atoms with Crippen LogP contribution in [0.4, 0.5) is 0 Å². The van der Waals surface area contributed by atoms with Crippen molar-refractivity contribution in [3.63, 3.8) is 0 Å². The van der Waals surface area contributed by atoms with Gasteiger partial charge >= 0.3 is 2.85 Å². The lowest BCUT2D eigenvalue weighted by Crippen LogP contribution is -2.42. The molecule has 0 bridgehead atoms. The lowest BCUT2D eigenvalue weighted by atomic mass is 9.67. The average molecular weight is 329 g/mol. The molecular weight excluding hydrogens is 301 g/mol. The summed E-state index contributed by atoms with van der Waals surface area (Å²) in [4.78, 5) is 13.2. The Balaban J connectivity index is 0.00000288. The molecule has 0 saturated heterocycles. The molecule has 0 spiro atoms. The predicted molar refractivity (Wildman–Crippen MR) is 103 cm³/mol. The number of benzene rings is 2. The molecule has 122 valence electrons. The fourth-order valence-electron chi connectivity index (χ4n) is 3.17. The molecule has 0 aliphatic rings. The number of rotatable bonds is 7. The van der Waals surface area contributed by atoms with Gasteiger partial charge in [0.2, 0.25) is 0 Å². The maximum Gasteiger partial charge on any atom is 1.00 e. The van der Waals surface area contributed by atoms with Crippen LogP contribution in [0.2, 0.25) is 0 Å². The highest BCUT2D eigenvalue weighted by atomic mass is 31.0. The van der Waals surface area contributed by atoms with Gasteiger partial charge in [-0.2, -0.15) is 0 Å². The third kappa shape index (κ3) is 3.71. The molecule has 2 rings (SSSR count). The number of ketones is 1. The molecule has 0 radical (unpaired) electrons. The summed E-state index contributed by atoms with van der Waals surface area (Å²) < 4.78 is 2.10. The molecule has 2 atom stereocenters. The minimum absolute atomic E-state index is 0. The molecule has 23 heavy (non-hydrogen) atoms. The number of carbonyl (C=O) groups excluding carboxylic acids is 1. The van der Waals surface area contributed by atoms with Crippen LogP contribution in [0.1, 0.15) is 40.7 Å². The second-order valence-corrected chi connectivity index (χ2v) is 6.95. The zero-order valence-corrected chi connectivity index (χ0v) is 15.4. The van der Waals surface area contributed by atoms with Crippen LogP contribution >= 0.6 is 9.39 Å². The van der Waals surface area contributed by atoms with Crippen LogP contribution in [0.5, 0.6) is 0 Å². The Kier molecular flexibility index (Phi) is 6.10. The van der Waals surface area contributed by atoms with Crippen molar-refractivity contribution in [2.45, 2.75) is 38.1 Å². The van der Waals surface area contributed by atoms with Crippen LogP contribution in [0.15, 0.2) is 60.7 Å². The Hall–Kier alpha value is -1.50. The van der Waals surface area contributed by atoms with Crippen molar-refractivity contribution < 1.29 is 7.65 Å². The lowest BCUT2D eigenvalue weighted by molar-refractivity contribution is -0.123. The largest absolute Gasteiger partial charge is 1.00 e. The number of hydrogen-bond donors (Lipinski definition) is 0. The van der Waals surface area contributed by atoms with Gasteiger partial charge in [-0.15, -0.1) is 0 Å². The first kappa shape index (κ1) is 17.8. The fourth-order valence-corrected chi connectivity index (χ4v) is 3.28. The Labute approximate surface area is 145 Å². The van der Waals surface area contributed by atoms with Gasteiger partial charge < -0.3 is 0 Å². The molecular formula is C20H28NOP+2. The molecule has 2 nitrogen and oxygen atoms in total. The summed E-state index contributed by atoms with van der Waals surface area (Å²) >= 11 is 0. The lowest BCUT2D eigenvalue weighted by Gasteiger charge is -2.37. The van der Waals surface area contributed by atoms with Crippen LogP contribution in [0.3, 0.4) is 0 Å². The van der Waals surface area contributed by atoms with Crippen LogP contribution in [0, 0.1) is 0 Å². The van der Waals surface area contributed by atoms with Gasteiger partial charge in [0.25, 0.3) is 0 Å². The van der Waals surface area contributed by atoms with Gasteiger partial charge in [0.05, 0.1) is 5.41 Å². The Bertz CT molecular complexity index is 595. The first-order chi connectivity index (χ1) is 11.0. The molecule has 0 saturated carbocycles. The Morgan fingerprint density at radius 1 is 1.09 bits per heavy atom. The second-order valence-electron chi connectivity index (χ2n) is 6.13. The van der Waals surface area contributed by atoms with Crippen LogP contribution < -0.4 is 0 Å². The summed E-state index contributed by atoms with van der Waals surface area (Å²) in [6.07, 6.45) is 1.28. The molecule has 2 aromatic carbocycles. The van der Waals surface area contributed by atoms with E-state index in [2.05, 4.69) is 45.3 Å². The van der Waals surface area contributed by atoms with E-state index in [1.165, 1.54) is 0 Å². The van der Waals surface area contributed by atoms with E-state index in [-0.39, 0.29) is 14.7 Å². The quantitative estimate of drug-likeness (QED) is 0.688. The van der Waals surface area contributed by atoms with Crippen molar-refractivity contribution in [2.24, 2.45) is 0 Å². The number of nitrogens with zero attached hydrogens (tertiary/aromatic N) is 1. The monoisotopic (exact) mass is 329 g/mol. The molecule has 0 aliphatic heterocycles. The molecule has 3 heteroatoms. The standard InChI is InChI=1S/C20H26NOP/c1-4-19(22)20(15-16(2)21(3)23,17-11-7-5-8-12-17)18-13-9-6-10-14-18/h5-14,16H,4,15,23H2,1-3H3/p+2. The summed E-state index contributed by atoms with van der Waals surface area (Å²) in [5.74, 6) is 0.272. The number of Topliss-reactive ketones (excluding diaryl/α,β-unsaturated/α-hetero) is 1. The van der Waals surface area contributed by atoms with Gasteiger partial charge in [-0.3, -0.25) is 9.46 Å². The molecule has 2 aromatic rings. The van der Waals surface area contributed by atoms with E-state index in [9.17, 15) is 4.79 Å². The highest BCUT2D eigenvalue weighted by molar-refractivity contribution is 7.13. The summed E-state index contributed by atoms with van der Waals surface area (Å²) in [5.41, 5.74) is 1.56. The normalized spacial score (nSPS) is 13.1. The maximum atomic E-state index is 13.2. The van der Waals surface area contributed by atoms with E-state index in [0.717, 1.165) is 17.5 Å². The topological polar surface area (TPSA) is 20.3 Å². The van der Waals surface area contributed by atoms with Crippen molar-refractivity contribution in [3.05, 3.63) is 71.8 Å². The van der Waals surface area contributed by atoms with Gasteiger partial charge in [0.1, 0.15) is 5.78 Å². The van der Waals surface area contributed by atoms with Crippen molar-refractivity contribution >= 4 is 15.2 Å². The van der Waals surface area contributed by atoms with Crippen molar-refractivity contribution in [1.82, 2.24) is 4.67 Å². The smallest absolute Gasteiger partial charge is 0.298 e. The SMILES string of the molecule is CCC(=O)C(CC(C)N(C)P)(c1ccccc1)c1ccccc1.[H+].[H+]. The molecule has 0 fully saturated rings. The maximum absolute atomic E-state index is 13.2. The van der Waals surface area contributed by atoms with Crippen molar-refractivity contribution in [2.75, 3.05) is 7.05 Å². The van der Waals surface area contributed by atoms with Gasteiger partial charge in [-0.1, -0.05) is 77.0 Å². The van der Waals surface area contributed by atoms with Gasteiger partial charge in [-0.05, 0) is 31.5 Å². The molecule has 0 N–H and O–H groups in total. The molecule has 0 heterocycles. The first-order valence-corrected chi connectivity index (χ1v) is 8.66.